The van der Waals surface area contributed by atoms with Gasteiger partial charge >= 0.3 is 0 Å². The van der Waals surface area contributed by atoms with Crippen molar-refractivity contribution in [1.29, 1.82) is 0 Å². The lowest BCUT2D eigenvalue weighted by atomic mass is 10.1. The van der Waals surface area contributed by atoms with Crippen LogP contribution in [0.25, 0.3) is 11.3 Å². The number of ether oxygens (including phenoxy) is 1. The van der Waals surface area contributed by atoms with E-state index in [1.54, 1.807) is 11.8 Å². The van der Waals surface area contributed by atoms with Crippen LogP contribution in [-0.4, -0.2) is 20.9 Å². The van der Waals surface area contributed by atoms with E-state index in [-0.39, 0.29) is 0 Å². The van der Waals surface area contributed by atoms with Crippen molar-refractivity contribution in [2.24, 2.45) is 0 Å². The van der Waals surface area contributed by atoms with E-state index in [0.29, 0.717) is 21.8 Å². The maximum Gasteiger partial charge on any atom is 0.247 e. The Morgan fingerprint density at radius 1 is 1.11 bits per heavy atom. The Hall–Kier alpha value is -2.31. The summed E-state index contributed by atoms with van der Waals surface area (Å²) < 4.78 is 6.23. The molecule has 3 aromatic rings. The molecule has 0 amide bonds. The Morgan fingerprint density at radius 3 is 2.78 bits per heavy atom. The lowest BCUT2D eigenvalue weighted by molar-refractivity contribution is 0.225. The van der Waals surface area contributed by atoms with Gasteiger partial charge in [0.15, 0.2) is 11.9 Å². The highest BCUT2D eigenvalue weighted by molar-refractivity contribution is 7.99. The summed E-state index contributed by atoms with van der Waals surface area (Å²) in [5, 5.41) is 13.4. The topological polar surface area (TPSA) is 59.9 Å². The summed E-state index contributed by atoms with van der Waals surface area (Å²) in [5.41, 5.74) is 3.30. The van der Waals surface area contributed by atoms with E-state index < -0.39 is 6.23 Å². The third-order valence-corrected chi connectivity index (χ3v) is 5.52. The first-order valence-corrected chi connectivity index (χ1v) is 10.3. The molecular formula is C20H19ClN4OS. The molecule has 0 unspecified atom stereocenters. The monoisotopic (exact) mass is 398 g/mol. The first-order chi connectivity index (χ1) is 13.3. The van der Waals surface area contributed by atoms with E-state index in [4.69, 9.17) is 16.3 Å². The Labute approximate surface area is 167 Å². The molecule has 1 N–H and O–H groups in total. The van der Waals surface area contributed by atoms with Gasteiger partial charge in [0.25, 0.3) is 0 Å². The average molecular weight is 399 g/mol. The minimum absolute atomic E-state index is 0.464. The van der Waals surface area contributed by atoms with Crippen molar-refractivity contribution in [1.82, 2.24) is 15.2 Å². The van der Waals surface area contributed by atoms with Crippen molar-refractivity contribution in [2.75, 3.05) is 11.1 Å². The molecule has 4 rings (SSSR count). The van der Waals surface area contributed by atoms with Crippen LogP contribution in [0.1, 0.15) is 31.6 Å². The maximum atomic E-state index is 6.41. The molecular weight excluding hydrogens is 380 g/mol. The number of hydrogen-bond acceptors (Lipinski definition) is 6. The van der Waals surface area contributed by atoms with Crippen LogP contribution in [0, 0.1) is 0 Å². The zero-order chi connectivity index (χ0) is 18.6. The van der Waals surface area contributed by atoms with Gasteiger partial charge in [0.1, 0.15) is 0 Å². The molecule has 0 radical (unpaired) electrons. The summed E-state index contributed by atoms with van der Waals surface area (Å²) in [5.74, 6) is 1.42. The van der Waals surface area contributed by atoms with Crippen LogP contribution < -0.4 is 10.1 Å². The molecule has 0 aliphatic carbocycles. The van der Waals surface area contributed by atoms with Crippen molar-refractivity contribution < 1.29 is 4.74 Å². The van der Waals surface area contributed by atoms with Crippen molar-refractivity contribution in [2.45, 2.75) is 31.1 Å². The highest BCUT2D eigenvalue weighted by Gasteiger charge is 2.27. The normalized spacial score (nSPS) is 15.1. The van der Waals surface area contributed by atoms with E-state index in [9.17, 15) is 0 Å². The fourth-order valence-electron chi connectivity index (χ4n) is 2.84. The molecule has 1 atom stereocenters. The molecule has 0 spiro atoms. The van der Waals surface area contributed by atoms with Crippen LogP contribution in [0.3, 0.4) is 0 Å². The number of fused-ring (bicyclic) bond motifs is 3. The average Bonchev–Trinajstić information content (AvgIpc) is 2.85. The van der Waals surface area contributed by atoms with Crippen LogP contribution in [0.15, 0.2) is 53.7 Å². The largest absolute Gasteiger partial charge is 0.448 e. The highest BCUT2D eigenvalue weighted by atomic mass is 35.5. The number of rotatable bonds is 5. The molecule has 2 heterocycles. The molecule has 1 aromatic heterocycles. The Kier molecular flexibility index (Phi) is 5.45. The van der Waals surface area contributed by atoms with Crippen molar-refractivity contribution in [3.63, 3.8) is 0 Å². The summed E-state index contributed by atoms with van der Waals surface area (Å²) in [7, 11) is 0. The molecule has 0 saturated carbocycles. The zero-order valence-electron chi connectivity index (χ0n) is 14.9. The van der Waals surface area contributed by atoms with Gasteiger partial charge in [-0.25, -0.2) is 0 Å². The molecule has 0 bridgehead atoms. The summed E-state index contributed by atoms with van der Waals surface area (Å²) in [6.45, 7) is 2.16. The van der Waals surface area contributed by atoms with E-state index in [1.165, 1.54) is 0 Å². The second-order valence-electron chi connectivity index (χ2n) is 6.16. The molecule has 1 aliphatic heterocycles. The molecule has 0 saturated heterocycles. The molecule has 7 heteroatoms. The zero-order valence-corrected chi connectivity index (χ0v) is 16.4. The first kappa shape index (κ1) is 18.1. The van der Waals surface area contributed by atoms with Gasteiger partial charge in [-0.15, -0.1) is 10.2 Å². The quantitative estimate of drug-likeness (QED) is 0.446. The van der Waals surface area contributed by atoms with E-state index in [0.717, 1.165) is 35.4 Å². The molecule has 0 fully saturated rings. The van der Waals surface area contributed by atoms with Crippen LogP contribution >= 0.6 is 23.4 Å². The number of para-hydroxylation sites is 1. The van der Waals surface area contributed by atoms with Gasteiger partial charge in [-0.3, -0.25) is 0 Å². The lowest BCUT2D eigenvalue weighted by Gasteiger charge is -2.20. The van der Waals surface area contributed by atoms with Crippen LogP contribution in [0.5, 0.6) is 5.88 Å². The summed E-state index contributed by atoms with van der Waals surface area (Å²) >= 11 is 8.00. The van der Waals surface area contributed by atoms with Gasteiger partial charge in [-0.2, -0.15) is 4.98 Å². The summed E-state index contributed by atoms with van der Waals surface area (Å²) in [6.07, 6.45) is 1.78. The number of nitrogens with zero attached hydrogens (tertiary/aromatic N) is 3. The van der Waals surface area contributed by atoms with E-state index >= 15 is 0 Å². The Balaban J connectivity index is 1.76. The van der Waals surface area contributed by atoms with Crippen molar-refractivity contribution >= 4 is 29.1 Å². The SMILES string of the molecule is CCCCSc1nnc2c(n1)O[C@@H](c1ccccc1Cl)Nc1ccccc1-2. The number of benzene rings is 2. The molecule has 138 valence electrons. The number of aromatic nitrogens is 3. The molecule has 5 nitrogen and oxygen atoms in total. The number of unbranched alkanes of at least 4 members (excludes halogenated alkanes) is 1. The van der Waals surface area contributed by atoms with Crippen LogP contribution in [0.2, 0.25) is 5.02 Å². The van der Waals surface area contributed by atoms with Gasteiger partial charge in [0.2, 0.25) is 11.0 Å². The second-order valence-corrected chi connectivity index (χ2v) is 7.63. The predicted molar refractivity (Wildman–Crippen MR) is 109 cm³/mol. The second kappa shape index (κ2) is 8.15. The molecule has 27 heavy (non-hydrogen) atoms. The third-order valence-electron chi connectivity index (χ3n) is 4.25. The van der Waals surface area contributed by atoms with Gasteiger partial charge < -0.3 is 10.1 Å². The summed E-state index contributed by atoms with van der Waals surface area (Å²) in [4.78, 5) is 4.63. The smallest absolute Gasteiger partial charge is 0.247 e. The van der Waals surface area contributed by atoms with Gasteiger partial charge in [-0.1, -0.05) is 73.1 Å². The van der Waals surface area contributed by atoms with Crippen molar-refractivity contribution in [3.05, 3.63) is 59.1 Å². The molecule has 2 aromatic carbocycles. The highest BCUT2D eigenvalue weighted by Crippen LogP contribution is 2.40. The Morgan fingerprint density at radius 2 is 1.93 bits per heavy atom. The van der Waals surface area contributed by atoms with Gasteiger partial charge in [-0.05, 0) is 18.6 Å². The number of thioether (sulfide) groups is 1. The third kappa shape index (κ3) is 3.87. The standard InChI is InChI=1S/C20H19ClN4OS/c1-2-3-12-27-20-23-19-17(24-25-20)14-9-5-7-11-16(14)22-18(26-19)13-8-4-6-10-15(13)21/h4-11,18,22H,2-3,12H2,1H3/t18-/m0/s1. The number of hydrogen-bond donors (Lipinski definition) is 1. The predicted octanol–water partition coefficient (Wildman–Crippen LogP) is 5.59. The minimum Gasteiger partial charge on any atom is -0.448 e. The fourth-order valence-corrected chi connectivity index (χ4v) is 3.94. The lowest BCUT2D eigenvalue weighted by Crippen LogP contribution is -2.17. The van der Waals surface area contributed by atoms with E-state index in [1.807, 2.05) is 48.5 Å². The van der Waals surface area contributed by atoms with E-state index in [2.05, 4.69) is 27.4 Å². The van der Waals surface area contributed by atoms with Crippen LogP contribution in [-0.2, 0) is 0 Å². The number of halogens is 1. The van der Waals surface area contributed by atoms with Crippen LogP contribution in [0.4, 0.5) is 5.69 Å². The molecule has 1 aliphatic rings. The van der Waals surface area contributed by atoms with Gasteiger partial charge in [0, 0.05) is 27.6 Å². The Bertz CT molecular complexity index is 953. The first-order valence-electron chi connectivity index (χ1n) is 8.91. The summed E-state index contributed by atoms with van der Waals surface area (Å²) in [6, 6.07) is 15.5. The number of anilines is 1. The van der Waals surface area contributed by atoms with Crippen molar-refractivity contribution in [3.8, 4) is 17.1 Å². The maximum absolute atomic E-state index is 6.41. The fraction of sp³-hybridized carbons (Fsp3) is 0.250. The van der Waals surface area contributed by atoms with Gasteiger partial charge in [0.05, 0.1) is 0 Å². The minimum atomic E-state index is -0.466. The number of nitrogens with one attached hydrogen (secondary N) is 1.